The van der Waals surface area contributed by atoms with Gasteiger partial charge in [0.2, 0.25) is 0 Å². The summed E-state index contributed by atoms with van der Waals surface area (Å²) in [6.07, 6.45) is 1.51. The first kappa shape index (κ1) is 14.2. The fourth-order valence-corrected chi connectivity index (χ4v) is 2.89. The standard InChI is InChI=1S/C15H13N3O3S/c19-15-16-13-7-6-12(10-14(13)17-15)18-22(20,21)9-8-11-4-2-1-3-5-11/h1-10,18H,(H2,16,17,19). The van der Waals surface area contributed by atoms with Gasteiger partial charge in [0.15, 0.2) is 0 Å². The Kier molecular flexibility index (Phi) is 3.56. The van der Waals surface area contributed by atoms with Crippen LogP contribution in [0.15, 0.2) is 58.7 Å². The molecule has 0 fully saturated rings. The number of fused-ring (bicyclic) bond motifs is 1. The summed E-state index contributed by atoms with van der Waals surface area (Å²) in [5, 5.41) is 1.10. The van der Waals surface area contributed by atoms with E-state index in [1.165, 1.54) is 6.08 Å². The Labute approximate surface area is 126 Å². The van der Waals surface area contributed by atoms with E-state index in [0.717, 1.165) is 11.0 Å². The zero-order valence-corrected chi connectivity index (χ0v) is 12.2. The van der Waals surface area contributed by atoms with Crippen molar-refractivity contribution in [2.75, 3.05) is 4.72 Å². The van der Waals surface area contributed by atoms with Gasteiger partial charge < -0.3 is 9.97 Å². The van der Waals surface area contributed by atoms with E-state index in [-0.39, 0.29) is 5.69 Å². The van der Waals surface area contributed by atoms with Crippen LogP contribution in [0.5, 0.6) is 0 Å². The third-order valence-corrected chi connectivity index (χ3v) is 4.03. The number of anilines is 1. The lowest BCUT2D eigenvalue weighted by atomic mass is 10.2. The van der Waals surface area contributed by atoms with Gasteiger partial charge >= 0.3 is 5.69 Å². The molecule has 0 aliphatic heterocycles. The van der Waals surface area contributed by atoms with Gasteiger partial charge in [0, 0.05) is 0 Å². The maximum atomic E-state index is 12.0. The Balaban J connectivity index is 1.83. The Morgan fingerprint density at radius 2 is 1.68 bits per heavy atom. The SMILES string of the molecule is O=c1[nH]c2ccc(NS(=O)(=O)C=Cc3ccccc3)cc2[nH]1. The first-order valence-electron chi connectivity index (χ1n) is 6.50. The van der Waals surface area contributed by atoms with Gasteiger partial charge in [0.1, 0.15) is 0 Å². The zero-order chi connectivity index (χ0) is 15.6. The lowest BCUT2D eigenvalue weighted by Gasteiger charge is -2.04. The number of hydrogen-bond donors (Lipinski definition) is 3. The van der Waals surface area contributed by atoms with Crippen molar-refractivity contribution < 1.29 is 8.42 Å². The molecule has 2 aromatic carbocycles. The number of nitrogens with one attached hydrogen (secondary N) is 3. The Morgan fingerprint density at radius 3 is 2.45 bits per heavy atom. The first-order chi connectivity index (χ1) is 10.5. The van der Waals surface area contributed by atoms with Crippen LogP contribution in [0.3, 0.4) is 0 Å². The van der Waals surface area contributed by atoms with Crippen molar-refractivity contribution in [3.05, 3.63) is 70.0 Å². The molecule has 0 amide bonds. The molecule has 22 heavy (non-hydrogen) atoms. The molecule has 1 heterocycles. The van der Waals surface area contributed by atoms with E-state index >= 15 is 0 Å². The average molecular weight is 315 g/mol. The van der Waals surface area contributed by atoms with Crippen molar-refractivity contribution in [1.29, 1.82) is 0 Å². The van der Waals surface area contributed by atoms with Gasteiger partial charge in [0.05, 0.1) is 22.1 Å². The van der Waals surface area contributed by atoms with E-state index in [1.54, 1.807) is 18.2 Å². The molecule has 0 bridgehead atoms. The molecule has 112 valence electrons. The summed E-state index contributed by atoms with van der Waals surface area (Å²) in [4.78, 5) is 16.4. The first-order valence-corrected chi connectivity index (χ1v) is 8.04. The molecule has 0 unspecified atom stereocenters. The van der Waals surface area contributed by atoms with Crippen LogP contribution >= 0.6 is 0 Å². The summed E-state index contributed by atoms with van der Waals surface area (Å²) < 4.78 is 26.5. The van der Waals surface area contributed by atoms with Crippen molar-refractivity contribution in [3.8, 4) is 0 Å². The summed E-state index contributed by atoms with van der Waals surface area (Å²) >= 11 is 0. The van der Waals surface area contributed by atoms with Crippen molar-refractivity contribution in [3.63, 3.8) is 0 Å². The topological polar surface area (TPSA) is 94.8 Å². The molecule has 0 atom stereocenters. The number of hydrogen-bond acceptors (Lipinski definition) is 3. The maximum Gasteiger partial charge on any atom is 0.323 e. The van der Waals surface area contributed by atoms with E-state index < -0.39 is 10.0 Å². The number of sulfonamides is 1. The summed E-state index contributed by atoms with van der Waals surface area (Å²) in [5.41, 5.74) is 1.99. The van der Waals surface area contributed by atoms with Crippen LogP contribution in [-0.4, -0.2) is 18.4 Å². The normalized spacial score (nSPS) is 12.0. The Hall–Kier alpha value is -2.80. The molecule has 0 aliphatic rings. The second kappa shape index (κ2) is 5.53. The van der Waals surface area contributed by atoms with Crippen LogP contribution in [0.4, 0.5) is 5.69 Å². The van der Waals surface area contributed by atoms with Crippen molar-refractivity contribution in [2.24, 2.45) is 0 Å². The monoisotopic (exact) mass is 315 g/mol. The largest absolute Gasteiger partial charge is 0.323 e. The molecule has 0 saturated carbocycles. The smallest absolute Gasteiger partial charge is 0.306 e. The third kappa shape index (κ3) is 3.26. The summed E-state index contributed by atoms with van der Waals surface area (Å²) in [6, 6.07) is 13.9. The van der Waals surface area contributed by atoms with Crippen LogP contribution < -0.4 is 10.4 Å². The third-order valence-electron chi connectivity index (χ3n) is 3.02. The van der Waals surface area contributed by atoms with E-state index in [1.807, 2.05) is 30.3 Å². The van der Waals surface area contributed by atoms with Crippen molar-refractivity contribution >= 4 is 32.8 Å². The zero-order valence-electron chi connectivity index (χ0n) is 11.4. The Bertz CT molecular complexity index is 986. The molecule has 0 spiro atoms. The van der Waals surface area contributed by atoms with Crippen LogP contribution in [0.1, 0.15) is 5.56 Å². The number of aromatic nitrogens is 2. The van der Waals surface area contributed by atoms with E-state index in [4.69, 9.17) is 0 Å². The van der Waals surface area contributed by atoms with Crippen LogP contribution in [0.25, 0.3) is 17.1 Å². The van der Waals surface area contributed by atoms with Crippen molar-refractivity contribution in [1.82, 2.24) is 9.97 Å². The quantitative estimate of drug-likeness (QED) is 0.689. The fourth-order valence-electron chi connectivity index (χ4n) is 2.03. The van der Waals surface area contributed by atoms with Crippen molar-refractivity contribution in [2.45, 2.75) is 0 Å². The molecule has 1 aromatic heterocycles. The number of rotatable bonds is 4. The van der Waals surface area contributed by atoms with Gasteiger partial charge in [-0.1, -0.05) is 30.3 Å². The van der Waals surface area contributed by atoms with Gasteiger partial charge in [-0.15, -0.1) is 0 Å². The number of imidazole rings is 1. The van der Waals surface area contributed by atoms with Crippen LogP contribution in [-0.2, 0) is 10.0 Å². The van der Waals surface area contributed by atoms with Crippen LogP contribution in [0.2, 0.25) is 0 Å². The van der Waals surface area contributed by atoms with Gasteiger partial charge in [0.25, 0.3) is 10.0 Å². The molecule has 3 rings (SSSR count). The highest BCUT2D eigenvalue weighted by Crippen LogP contribution is 2.16. The molecule has 3 N–H and O–H groups in total. The summed E-state index contributed by atoms with van der Waals surface area (Å²) in [7, 11) is -3.63. The molecule has 3 aromatic rings. The molecule has 7 heteroatoms. The summed E-state index contributed by atoms with van der Waals surface area (Å²) in [6.45, 7) is 0. The lowest BCUT2D eigenvalue weighted by Crippen LogP contribution is -2.08. The predicted molar refractivity (Wildman–Crippen MR) is 86.9 cm³/mol. The Morgan fingerprint density at radius 1 is 0.955 bits per heavy atom. The maximum absolute atomic E-state index is 12.0. The second-order valence-electron chi connectivity index (χ2n) is 4.70. The van der Waals surface area contributed by atoms with Gasteiger partial charge in [-0.25, -0.2) is 13.2 Å². The molecule has 0 radical (unpaired) electrons. The lowest BCUT2D eigenvalue weighted by molar-refractivity contribution is 0.609. The molecular formula is C15H13N3O3S. The van der Waals surface area contributed by atoms with Gasteiger partial charge in [-0.05, 0) is 29.8 Å². The highest BCUT2D eigenvalue weighted by molar-refractivity contribution is 7.95. The van der Waals surface area contributed by atoms with E-state index in [9.17, 15) is 13.2 Å². The highest BCUT2D eigenvalue weighted by Gasteiger charge is 2.07. The van der Waals surface area contributed by atoms with Gasteiger partial charge in [-0.2, -0.15) is 0 Å². The highest BCUT2D eigenvalue weighted by atomic mass is 32.2. The van der Waals surface area contributed by atoms with Gasteiger partial charge in [-0.3, -0.25) is 4.72 Å². The minimum atomic E-state index is -3.63. The molecule has 0 saturated heterocycles. The molecular weight excluding hydrogens is 302 g/mol. The fraction of sp³-hybridized carbons (Fsp3) is 0. The minimum Gasteiger partial charge on any atom is -0.306 e. The molecule has 0 aliphatic carbocycles. The van der Waals surface area contributed by atoms with E-state index in [2.05, 4.69) is 14.7 Å². The van der Waals surface area contributed by atoms with Crippen LogP contribution in [0, 0.1) is 0 Å². The predicted octanol–water partition coefficient (Wildman–Crippen LogP) is 2.27. The minimum absolute atomic E-state index is 0.334. The van der Waals surface area contributed by atoms with E-state index in [0.29, 0.717) is 16.7 Å². The molecule has 6 nitrogen and oxygen atoms in total. The summed E-state index contributed by atoms with van der Waals surface area (Å²) in [5.74, 6) is 0. The number of H-pyrrole nitrogens is 2. The average Bonchev–Trinajstić information content (AvgIpc) is 2.85. The number of benzene rings is 2. The number of aromatic amines is 2. The second-order valence-corrected chi connectivity index (χ2v) is 6.27.